The molecule has 2 amide bonds. The molecule has 0 saturated carbocycles. The van der Waals surface area contributed by atoms with Gasteiger partial charge in [0.05, 0.1) is 6.04 Å². The molecule has 3 N–H and O–H groups in total. The van der Waals surface area contributed by atoms with Gasteiger partial charge in [-0.15, -0.1) is 0 Å². The summed E-state index contributed by atoms with van der Waals surface area (Å²) >= 11 is 0. The fraction of sp³-hybridized carbons (Fsp3) is 0.583. The van der Waals surface area contributed by atoms with E-state index in [1.807, 2.05) is 26.8 Å². The number of aryl methyl sites for hydroxylation is 2. The van der Waals surface area contributed by atoms with Crippen LogP contribution >= 0.6 is 0 Å². The number of nitrogens with one attached hydrogen (secondary N) is 2. The molecule has 1 heterocycles. The van der Waals surface area contributed by atoms with Crippen molar-refractivity contribution in [1.29, 1.82) is 0 Å². The van der Waals surface area contributed by atoms with Crippen LogP contribution in [-0.4, -0.2) is 24.3 Å². The van der Waals surface area contributed by atoms with Crippen LogP contribution in [0.15, 0.2) is 10.5 Å². The van der Waals surface area contributed by atoms with E-state index >= 15 is 0 Å². The molecule has 0 aromatic carbocycles. The van der Waals surface area contributed by atoms with E-state index in [-0.39, 0.29) is 18.7 Å². The Bertz CT molecular complexity index is 374. The number of furan rings is 1. The van der Waals surface area contributed by atoms with Crippen molar-refractivity contribution in [3.63, 3.8) is 0 Å². The molecule has 0 bridgehead atoms. The Morgan fingerprint density at radius 2 is 2.24 bits per heavy atom. The minimum Gasteiger partial charge on any atom is -0.466 e. The van der Waals surface area contributed by atoms with Crippen molar-refractivity contribution in [2.45, 2.75) is 33.2 Å². The van der Waals surface area contributed by atoms with Crippen molar-refractivity contribution in [2.75, 3.05) is 13.2 Å². The molecule has 17 heavy (non-hydrogen) atoms. The van der Waals surface area contributed by atoms with Crippen LogP contribution in [0.4, 0.5) is 4.79 Å². The Balaban J connectivity index is 2.46. The Hall–Kier alpha value is -1.49. The highest BCUT2D eigenvalue weighted by Crippen LogP contribution is 2.20. The first-order valence-electron chi connectivity index (χ1n) is 5.76. The van der Waals surface area contributed by atoms with Gasteiger partial charge in [0.25, 0.3) is 0 Å². The maximum Gasteiger partial charge on any atom is 0.315 e. The topological polar surface area (TPSA) is 74.5 Å². The van der Waals surface area contributed by atoms with Gasteiger partial charge in [-0.2, -0.15) is 0 Å². The monoisotopic (exact) mass is 240 g/mol. The van der Waals surface area contributed by atoms with Crippen molar-refractivity contribution in [3.8, 4) is 0 Å². The van der Waals surface area contributed by atoms with Crippen molar-refractivity contribution in [1.82, 2.24) is 10.6 Å². The minimum atomic E-state index is -0.232. The zero-order valence-electron chi connectivity index (χ0n) is 10.5. The third kappa shape index (κ3) is 4.11. The van der Waals surface area contributed by atoms with Gasteiger partial charge in [-0.05, 0) is 33.3 Å². The molecular weight excluding hydrogens is 220 g/mol. The van der Waals surface area contributed by atoms with Crippen molar-refractivity contribution in [3.05, 3.63) is 23.2 Å². The number of rotatable bonds is 5. The lowest BCUT2D eigenvalue weighted by Gasteiger charge is -2.13. The molecule has 1 aromatic heterocycles. The molecule has 5 heteroatoms. The minimum absolute atomic E-state index is 0.0792. The van der Waals surface area contributed by atoms with Crippen LogP contribution < -0.4 is 10.6 Å². The number of carbonyl (C=O) groups excluding carboxylic acids is 1. The molecule has 5 nitrogen and oxygen atoms in total. The molecule has 0 fully saturated rings. The number of aliphatic hydroxyl groups is 1. The zero-order chi connectivity index (χ0) is 12.8. The van der Waals surface area contributed by atoms with E-state index in [0.717, 1.165) is 17.1 Å². The van der Waals surface area contributed by atoms with Gasteiger partial charge < -0.3 is 20.2 Å². The van der Waals surface area contributed by atoms with Gasteiger partial charge in [-0.25, -0.2) is 4.79 Å². The fourth-order valence-electron chi connectivity index (χ4n) is 1.69. The summed E-state index contributed by atoms with van der Waals surface area (Å²) in [5, 5.41) is 14.1. The van der Waals surface area contributed by atoms with Gasteiger partial charge in [-0.3, -0.25) is 0 Å². The number of hydrogen-bond donors (Lipinski definition) is 3. The number of aliphatic hydroxyl groups excluding tert-OH is 1. The van der Waals surface area contributed by atoms with Gasteiger partial charge in [0.2, 0.25) is 0 Å². The second-order valence-electron chi connectivity index (χ2n) is 4.07. The van der Waals surface area contributed by atoms with E-state index in [1.165, 1.54) is 0 Å². The summed E-state index contributed by atoms with van der Waals surface area (Å²) in [6.07, 6.45) is 0.561. The molecule has 1 atom stereocenters. The van der Waals surface area contributed by atoms with E-state index in [1.54, 1.807) is 0 Å². The lowest BCUT2D eigenvalue weighted by molar-refractivity contribution is 0.235. The smallest absolute Gasteiger partial charge is 0.315 e. The second-order valence-corrected chi connectivity index (χ2v) is 4.07. The largest absolute Gasteiger partial charge is 0.466 e. The SMILES string of the molecule is Cc1cc(C(C)NC(=O)NCCCO)c(C)o1. The van der Waals surface area contributed by atoms with E-state index in [4.69, 9.17) is 9.52 Å². The standard InChI is InChI=1S/C12H20N2O3/c1-8-7-11(10(3)17-8)9(2)14-12(16)13-5-4-6-15/h7,9,15H,4-6H2,1-3H3,(H2,13,14,16). The Labute approximate surface area is 101 Å². The summed E-state index contributed by atoms with van der Waals surface area (Å²) in [5.74, 6) is 1.66. The first kappa shape index (κ1) is 13.6. The van der Waals surface area contributed by atoms with Crippen LogP contribution in [-0.2, 0) is 0 Å². The summed E-state index contributed by atoms with van der Waals surface area (Å²) in [6.45, 7) is 6.21. The van der Waals surface area contributed by atoms with Crippen LogP contribution in [0.2, 0.25) is 0 Å². The van der Waals surface area contributed by atoms with E-state index in [2.05, 4.69) is 10.6 Å². The average Bonchev–Trinajstić information content (AvgIpc) is 2.58. The maximum absolute atomic E-state index is 11.5. The first-order chi connectivity index (χ1) is 8.04. The predicted molar refractivity (Wildman–Crippen MR) is 64.8 cm³/mol. The highest BCUT2D eigenvalue weighted by atomic mass is 16.3. The van der Waals surface area contributed by atoms with Crippen molar-refractivity contribution in [2.24, 2.45) is 0 Å². The normalized spacial score (nSPS) is 12.2. The van der Waals surface area contributed by atoms with Crippen LogP contribution in [0.25, 0.3) is 0 Å². The van der Waals surface area contributed by atoms with E-state index < -0.39 is 0 Å². The molecule has 1 aromatic rings. The second kappa shape index (κ2) is 6.30. The van der Waals surface area contributed by atoms with Crippen LogP contribution in [0.1, 0.15) is 36.5 Å². The summed E-state index contributed by atoms with van der Waals surface area (Å²) in [4.78, 5) is 11.5. The quantitative estimate of drug-likeness (QED) is 0.685. The van der Waals surface area contributed by atoms with Gasteiger partial charge in [-0.1, -0.05) is 0 Å². The first-order valence-corrected chi connectivity index (χ1v) is 5.76. The Morgan fingerprint density at radius 3 is 2.76 bits per heavy atom. The van der Waals surface area contributed by atoms with Crippen LogP contribution in [0, 0.1) is 13.8 Å². The third-order valence-electron chi connectivity index (χ3n) is 2.51. The molecule has 0 saturated heterocycles. The Kier molecular flexibility index (Phi) is 5.03. The van der Waals surface area contributed by atoms with Gasteiger partial charge >= 0.3 is 6.03 Å². The fourth-order valence-corrected chi connectivity index (χ4v) is 1.69. The summed E-state index contributed by atoms with van der Waals surface area (Å²) in [5.41, 5.74) is 0.986. The van der Waals surface area contributed by atoms with E-state index in [0.29, 0.717) is 13.0 Å². The molecule has 96 valence electrons. The highest BCUT2D eigenvalue weighted by Gasteiger charge is 2.14. The van der Waals surface area contributed by atoms with Crippen LogP contribution in [0.3, 0.4) is 0 Å². The third-order valence-corrected chi connectivity index (χ3v) is 2.51. The van der Waals surface area contributed by atoms with Gasteiger partial charge in [0, 0.05) is 18.7 Å². The molecule has 0 aliphatic heterocycles. The highest BCUT2D eigenvalue weighted by molar-refractivity contribution is 5.74. The molecule has 1 rings (SSSR count). The summed E-state index contributed by atoms with van der Waals surface area (Å²) in [6, 6.07) is 1.60. The predicted octanol–water partition coefficient (Wildman–Crippen LogP) is 1.64. The molecule has 0 radical (unpaired) electrons. The number of urea groups is 1. The number of carbonyl (C=O) groups is 1. The van der Waals surface area contributed by atoms with Gasteiger partial charge in [0.15, 0.2) is 0 Å². The maximum atomic E-state index is 11.5. The number of amides is 2. The average molecular weight is 240 g/mol. The van der Waals surface area contributed by atoms with E-state index in [9.17, 15) is 4.79 Å². The lowest BCUT2D eigenvalue weighted by Crippen LogP contribution is -2.37. The molecular formula is C12H20N2O3. The van der Waals surface area contributed by atoms with Crippen LogP contribution in [0.5, 0.6) is 0 Å². The number of hydrogen-bond acceptors (Lipinski definition) is 3. The van der Waals surface area contributed by atoms with Crippen molar-refractivity contribution >= 4 is 6.03 Å². The zero-order valence-corrected chi connectivity index (χ0v) is 10.5. The molecule has 1 unspecified atom stereocenters. The Morgan fingerprint density at radius 1 is 1.53 bits per heavy atom. The molecule has 0 spiro atoms. The van der Waals surface area contributed by atoms with Gasteiger partial charge in [0.1, 0.15) is 11.5 Å². The summed E-state index contributed by atoms with van der Waals surface area (Å²) < 4.78 is 5.41. The summed E-state index contributed by atoms with van der Waals surface area (Å²) in [7, 11) is 0. The molecule has 0 aliphatic rings. The van der Waals surface area contributed by atoms with Crippen molar-refractivity contribution < 1.29 is 14.3 Å². The lowest BCUT2D eigenvalue weighted by atomic mass is 10.1. The molecule has 0 aliphatic carbocycles.